The lowest BCUT2D eigenvalue weighted by Crippen LogP contribution is -2.45. The Labute approximate surface area is 99.3 Å². The van der Waals surface area contributed by atoms with Gasteiger partial charge in [-0.25, -0.2) is 0 Å². The summed E-state index contributed by atoms with van der Waals surface area (Å²) in [6.07, 6.45) is -0.0280. The molecule has 5 nitrogen and oxygen atoms in total. The maximum atomic E-state index is 11.9. The number of rotatable bonds is 3. The Balaban J connectivity index is 2.29. The predicted octanol–water partition coefficient (Wildman–Crippen LogP) is -0.0750. The molecule has 2 aliphatic rings. The zero-order valence-electron chi connectivity index (χ0n) is 10.0. The van der Waals surface area contributed by atoms with Gasteiger partial charge in [0.1, 0.15) is 24.1 Å². The number of ketones is 1. The number of carbonyl (C=O) groups excluding carboxylic acids is 1. The van der Waals surface area contributed by atoms with E-state index in [1.54, 1.807) is 6.08 Å². The van der Waals surface area contributed by atoms with E-state index >= 15 is 0 Å². The zero-order valence-corrected chi connectivity index (χ0v) is 10.0. The summed E-state index contributed by atoms with van der Waals surface area (Å²) in [4.78, 5) is 11.9. The van der Waals surface area contributed by atoms with E-state index in [1.165, 1.54) is 13.2 Å². The molecule has 1 aliphatic carbocycles. The van der Waals surface area contributed by atoms with Gasteiger partial charge in [-0.2, -0.15) is 0 Å². The van der Waals surface area contributed by atoms with Crippen LogP contribution in [-0.2, 0) is 14.3 Å². The second kappa shape index (κ2) is 3.94. The largest absolute Gasteiger partial charge is 0.498 e. The average Bonchev–Trinajstić information content (AvgIpc) is 2.99. The number of ether oxygens (including phenoxy) is 2. The Bertz CT molecular complexity index is 407. The minimum atomic E-state index is -1.32. The van der Waals surface area contributed by atoms with Crippen LogP contribution < -0.4 is 0 Å². The molecule has 0 spiro atoms. The fourth-order valence-corrected chi connectivity index (χ4v) is 2.15. The average molecular weight is 240 g/mol. The first-order valence-corrected chi connectivity index (χ1v) is 5.42. The first kappa shape index (κ1) is 12.3. The normalized spacial score (nSPS) is 36.8. The first-order chi connectivity index (χ1) is 7.93. The number of carbonyl (C=O) groups is 1. The van der Waals surface area contributed by atoms with E-state index in [2.05, 4.69) is 0 Å². The third-order valence-corrected chi connectivity index (χ3v) is 3.09. The van der Waals surface area contributed by atoms with Gasteiger partial charge in [-0.15, -0.1) is 0 Å². The van der Waals surface area contributed by atoms with Gasteiger partial charge >= 0.3 is 0 Å². The topological polar surface area (TPSA) is 79.3 Å². The van der Waals surface area contributed by atoms with Crippen molar-refractivity contribution in [3.8, 4) is 0 Å². The molecule has 1 fully saturated rings. The number of methoxy groups -OCH3 is 1. The van der Waals surface area contributed by atoms with Crippen molar-refractivity contribution in [1.82, 2.24) is 0 Å². The van der Waals surface area contributed by atoms with Gasteiger partial charge in [-0.3, -0.25) is 4.79 Å². The summed E-state index contributed by atoms with van der Waals surface area (Å²) in [5.41, 5.74) is -0.441. The highest BCUT2D eigenvalue weighted by Gasteiger charge is 2.71. The molecule has 0 aromatic heterocycles. The van der Waals surface area contributed by atoms with Crippen LogP contribution in [-0.4, -0.2) is 47.0 Å². The lowest BCUT2D eigenvalue weighted by atomic mass is 9.85. The summed E-state index contributed by atoms with van der Waals surface area (Å²) >= 11 is 0. The van der Waals surface area contributed by atoms with Gasteiger partial charge in [0, 0.05) is 6.08 Å². The third kappa shape index (κ3) is 1.71. The van der Waals surface area contributed by atoms with E-state index in [0.29, 0.717) is 0 Å². The second-order valence-corrected chi connectivity index (χ2v) is 4.58. The van der Waals surface area contributed by atoms with Crippen molar-refractivity contribution in [1.29, 1.82) is 0 Å². The second-order valence-electron chi connectivity index (χ2n) is 4.58. The van der Waals surface area contributed by atoms with Crippen molar-refractivity contribution >= 4 is 5.78 Å². The molecular weight excluding hydrogens is 224 g/mol. The molecule has 2 rings (SSSR count). The summed E-state index contributed by atoms with van der Waals surface area (Å²) in [5.74, 6) is -0.188. The van der Waals surface area contributed by atoms with E-state index < -0.39 is 23.9 Å². The fraction of sp³-hybridized carbons (Fsp3) is 0.583. The van der Waals surface area contributed by atoms with E-state index in [1.807, 2.05) is 13.8 Å². The van der Waals surface area contributed by atoms with Gasteiger partial charge in [0.15, 0.2) is 11.4 Å². The molecule has 0 saturated carbocycles. The highest BCUT2D eigenvalue weighted by Crippen LogP contribution is 2.48. The van der Waals surface area contributed by atoms with Crippen LogP contribution in [0.5, 0.6) is 0 Å². The monoisotopic (exact) mass is 240 g/mol. The molecule has 0 radical (unpaired) electrons. The van der Waals surface area contributed by atoms with E-state index in [4.69, 9.17) is 9.47 Å². The maximum absolute atomic E-state index is 11.9. The van der Waals surface area contributed by atoms with Gasteiger partial charge in [-0.1, -0.05) is 11.6 Å². The number of fused-ring (bicyclic) bond motifs is 1. The smallest absolute Gasteiger partial charge is 0.196 e. The molecule has 94 valence electrons. The highest BCUT2D eigenvalue weighted by molar-refractivity contribution is 6.02. The van der Waals surface area contributed by atoms with E-state index in [0.717, 1.165) is 5.57 Å². The van der Waals surface area contributed by atoms with Crippen molar-refractivity contribution in [2.75, 3.05) is 7.11 Å². The number of aliphatic hydroxyl groups excluding tert-OH is 2. The molecule has 2 N–H and O–H groups in total. The lowest BCUT2D eigenvalue weighted by molar-refractivity contribution is -0.123. The van der Waals surface area contributed by atoms with Crippen LogP contribution in [0.1, 0.15) is 13.8 Å². The lowest BCUT2D eigenvalue weighted by Gasteiger charge is -2.22. The number of allylic oxidation sites excluding steroid dienone is 1. The molecule has 0 bridgehead atoms. The minimum Gasteiger partial charge on any atom is -0.498 e. The SMILES string of the molecule is COC1=CC(=O)[C@@]2([C@@H](O)C=C(C)C)O[C@H]2[C@H]1O. The van der Waals surface area contributed by atoms with Gasteiger partial charge < -0.3 is 19.7 Å². The molecule has 1 saturated heterocycles. The number of aliphatic hydroxyl groups is 2. The van der Waals surface area contributed by atoms with Crippen molar-refractivity contribution in [3.05, 3.63) is 23.5 Å². The summed E-state index contributed by atoms with van der Waals surface area (Å²) in [6, 6.07) is 0. The third-order valence-electron chi connectivity index (χ3n) is 3.09. The summed E-state index contributed by atoms with van der Waals surface area (Å²) < 4.78 is 10.1. The van der Waals surface area contributed by atoms with Gasteiger partial charge in [-0.05, 0) is 13.8 Å². The summed E-state index contributed by atoms with van der Waals surface area (Å²) in [6.45, 7) is 3.63. The van der Waals surface area contributed by atoms with Gasteiger partial charge in [0.2, 0.25) is 0 Å². The molecule has 5 heteroatoms. The molecule has 0 aromatic rings. The molecule has 17 heavy (non-hydrogen) atoms. The molecular formula is C12H16O5. The fourth-order valence-electron chi connectivity index (χ4n) is 2.15. The molecule has 1 heterocycles. The highest BCUT2D eigenvalue weighted by atomic mass is 16.6. The van der Waals surface area contributed by atoms with Gasteiger partial charge in [0.25, 0.3) is 0 Å². The van der Waals surface area contributed by atoms with Crippen LogP contribution in [0.25, 0.3) is 0 Å². The molecule has 4 atom stereocenters. The Hall–Kier alpha value is -1.17. The number of epoxide rings is 1. The first-order valence-electron chi connectivity index (χ1n) is 5.42. The Kier molecular flexibility index (Phi) is 2.85. The Morgan fingerprint density at radius 1 is 1.65 bits per heavy atom. The minimum absolute atomic E-state index is 0.178. The van der Waals surface area contributed by atoms with Crippen LogP contribution in [0.3, 0.4) is 0 Å². The van der Waals surface area contributed by atoms with Gasteiger partial charge in [0.05, 0.1) is 7.11 Å². The summed E-state index contributed by atoms with van der Waals surface area (Å²) in [5, 5.41) is 19.8. The molecule has 0 aromatic carbocycles. The van der Waals surface area contributed by atoms with Crippen LogP contribution in [0.4, 0.5) is 0 Å². The van der Waals surface area contributed by atoms with Crippen LogP contribution in [0.15, 0.2) is 23.5 Å². The van der Waals surface area contributed by atoms with E-state index in [-0.39, 0.29) is 11.5 Å². The van der Waals surface area contributed by atoms with Crippen LogP contribution in [0, 0.1) is 0 Å². The molecule has 0 amide bonds. The standard InChI is InChI=1S/C12H16O5/c1-6(2)4-8(13)12-9(14)5-7(16-3)10(15)11(12)17-12/h4-5,8,10-11,13,15H,1-3H3/t8-,10-,11-,12+/m0/s1. The van der Waals surface area contributed by atoms with Crippen molar-refractivity contribution in [2.45, 2.75) is 37.8 Å². The molecule has 1 aliphatic heterocycles. The zero-order chi connectivity index (χ0) is 12.8. The number of hydrogen-bond donors (Lipinski definition) is 2. The van der Waals surface area contributed by atoms with E-state index in [9.17, 15) is 15.0 Å². The van der Waals surface area contributed by atoms with Crippen molar-refractivity contribution in [2.24, 2.45) is 0 Å². The maximum Gasteiger partial charge on any atom is 0.196 e. The van der Waals surface area contributed by atoms with Crippen molar-refractivity contribution < 1.29 is 24.5 Å². The number of hydrogen-bond acceptors (Lipinski definition) is 5. The van der Waals surface area contributed by atoms with Crippen LogP contribution in [0.2, 0.25) is 0 Å². The van der Waals surface area contributed by atoms with Crippen LogP contribution >= 0.6 is 0 Å². The summed E-state index contributed by atoms with van der Waals surface area (Å²) in [7, 11) is 1.38. The van der Waals surface area contributed by atoms with Crippen molar-refractivity contribution in [3.63, 3.8) is 0 Å². The quantitative estimate of drug-likeness (QED) is 0.533. The molecule has 0 unspecified atom stereocenters. The predicted molar refractivity (Wildman–Crippen MR) is 59.1 cm³/mol. The Morgan fingerprint density at radius 3 is 2.82 bits per heavy atom. The Morgan fingerprint density at radius 2 is 2.29 bits per heavy atom.